The van der Waals surface area contributed by atoms with E-state index in [0.717, 1.165) is 31.7 Å². The molecule has 0 saturated carbocycles. The van der Waals surface area contributed by atoms with Crippen molar-refractivity contribution in [2.24, 2.45) is 5.92 Å². The molecule has 0 spiro atoms. The predicted octanol–water partition coefficient (Wildman–Crippen LogP) is 4.47. The lowest BCUT2D eigenvalue weighted by Gasteiger charge is -2.27. The zero-order valence-electron chi connectivity index (χ0n) is 14.8. The van der Waals surface area contributed by atoms with Gasteiger partial charge in [0.2, 0.25) is 5.91 Å². The Labute approximate surface area is 135 Å². The minimum absolute atomic E-state index is 0.259. The second-order valence-corrected chi connectivity index (χ2v) is 6.21. The zero-order chi connectivity index (χ0) is 16.5. The second-order valence-electron chi connectivity index (χ2n) is 6.21. The van der Waals surface area contributed by atoms with Gasteiger partial charge in [-0.2, -0.15) is 0 Å². The van der Waals surface area contributed by atoms with E-state index in [1.807, 2.05) is 17.0 Å². The van der Waals surface area contributed by atoms with Crippen LogP contribution in [0.5, 0.6) is 5.75 Å². The van der Waals surface area contributed by atoms with Gasteiger partial charge in [-0.05, 0) is 42.4 Å². The number of methoxy groups -OCH3 is 1. The monoisotopic (exact) mass is 305 g/mol. The smallest absolute Gasteiger partial charge is 0.223 e. The van der Waals surface area contributed by atoms with Gasteiger partial charge in [-0.25, -0.2) is 0 Å². The van der Waals surface area contributed by atoms with Crippen molar-refractivity contribution in [3.63, 3.8) is 0 Å². The maximum atomic E-state index is 12.6. The number of carbonyl (C=O) groups is 1. The highest BCUT2D eigenvalue weighted by atomic mass is 16.5. The Kier molecular flexibility index (Phi) is 8.00. The first-order valence-electron chi connectivity index (χ1n) is 8.45. The Hall–Kier alpha value is -1.51. The fourth-order valence-electron chi connectivity index (χ4n) is 2.81. The summed E-state index contributed by atoms with van der Waals surface area (Å²) in [4.78, 5) is 14.6. The number of hydrogen-bond acceptors (Lipinski definition) is 2. The Morgan fingerprint density at radius 2 is 1.64 bits per heavy atom. The third-order valence-corrected chi connectivity index (χ3v) is 4.08. The molecule has 1 aromatic rings. The van der Waals surface area contributed by atoms with Crippen LogP contribution in [0, 0.1) is 5.92 Å². The number of benzene rings is 1. The van der Waals surface area contributed by atoms with Crippen LogP contribution in [0.1, 0.15) is 58.4 Å². The maximum Gasteiger partial charge on any atom is 0.223 e. The van der Waals surface area contributed by atoms with Crippen molar-refractivity contribution >= 4 is 5.91 Å². The van der Waals surface area contributed by atoms with Crippen LogP contribution in [-0.2, 0) is 4.79 Å². The normalized spacial score (nSPS) is 12.3. The van der Waals surface area contributed by atoms with Crippen molar-refractivity contribution in [1.29, 1.82) is 0 Å². The molecule has 0 aromatic heterocycles. The van der Waals surface area contributed by atoms with Crippen LogP contribution in [0.4, 0.5) is 0 Å². The van der Waals surface area contributed by atoms with Crippen molar-refractivity contribution < 1.29 is 9.53 Å². The van der Waals surface area contributed by atoms with E-state index < -0.39 is 0 Å². The Bertz CT molecular complexity index is 433. The molecular formula is C19H31NO2. The summed E-state index contributed by atoms with van der Waals surface area (Å²) in [5.41, 5.74) is 1.22. The lowest BCUT2D eigenvalue weighted by atomic mass is 9.85. The molecule has 0 heterocycles. The quantitative estimate of drug-likeness (QED) is 0.673. The number of ether oxygens (including phenoxy) is 1. The standard InChI is InChI=1S/C19H31NO2/c1-6-12-20(13-7-2)19(21)14-18(15(3)4)16-8-10-17(22-5)11-9-16/h8-11,15,18H,6-7,12-14H2,1-5H3/t18-/m0/s1. The van der Waals surface area contributed by atoms with Crippen LogP contribution < -0.4 is 4.74 Å². The number of carbonyl (C=O) groups excluding carboxylic acids is 1. The summed E-state index contributed by atoms with van der Waals surface area (Å²) in [7, 11) is 1.67. The molecule has 0 fully saturated rings. The molecule has 0 aliphatic carbocycles. The molecule has 1 aromatic carbocycles. The van der Waals surface area contributed by atoms with E-state index in [4.69, 9.17) is 4.74 Å². The van der Waals surface area contributed by atoms with E-state index in [2.05, 4.69) is 39.8 Å². The van der Waals surface area contributed by atoms with E-state index in [-0.39, 0.29) is 11.8 Å². The lowest BCUT2D eigenvalue weighted by molar-refractivity contribution is -0.132. The Morgan fingerprint density at radius 1 is 1.09 bits per heavy atom. The first-order chi connectivity index (χ1) is 10.5. The average molecular weight is 305 g/mol. The van der Waals surface area contributed by atoms with Crippen LogP contribution in [0.2, 0.25) is 0 Å². The summed E-state index contributed by atoms with van der Waals surface area (Å²) in [6.45, 7) is 10.3. The van der Waals surface area contributed by atoms with Gasteiger partial charge < -0.3 is 9.64 Å². The van der Waals surface area contributed by atoms with Gasteiger partial charge in [0.15, 0.2) is 0 Å². The first kappa shape index (κ1) is 18.5. The molecule has 1 amide bonds. The van der Waals surface area contributed by atoms with Crippen molar-refractivity contribution in [2.45, 2.75) is 52.9 Å². The van der Waals surface area contributed by atoms with E-state index in [0.29, 0.717) is 12.3 Å². The first-order valence-corrected chi connectivity index (χ1v) is 8.45. The molecule has 0 saturated heterocycles. The third-order valence-electron chi connectivity index (χ3n) is 4.08. The highest BCUT2D eigenvalue weighted by Gasteiger charge is 2.22. The average Bonchev–Trinajstić information content (AvgIpc) is 2.52. The maximum absolute atomic E-state index is 12.6. The zero-order valence-corrected chi connectivity index (χ0v) is 14.8. The fourth-order valence-corrected chi connectivity index (χ4v) is 2.81. The number of nitrogens with zero attached hydrogens (tertiary/aromatic N) is 1. The summed E-state index contributed by atoms with van der Waals surface area (Å²) in [6, 6.07) is 8.12. The van der Waals surface area contributed by atoms with Gasteiger partial charge in [0.05, 0.1) is 7.11 Å². The SMILES string of the molecule is CCCN(CCC)C(=O)C[C@H](c1ccc(OC)cc1)C(C)C. The molecule has 124 valence electrons. The lowest BCUT2D eigenvalue weighted by Crippen LogP contribution is -2.34. The molecule has 1 atom stereocenters. The minimum atomic E-state index is 0.259. The molecule has 1 rings (SSSR count). The van der Waals surface area contributed by atoms with E-state index in [9.17, 15) is 4.79 Å². The summed E-state index contributed by atoms with van der Waals surface area (Å²) in [5.74, 6) is 1.83. The molecule has 0 aliphatic rings. The molecule has 22 heavy (non-hydrogen) atoms. The second kappa shape index (κ2) is 9.50. The van der Waals surface area contributed by atoms with Gasteiger partial charge in [0.25, 0.3) is 0 Å². The molecule has 3 nitrogen and oxygen atoms in total. The van der Waals surface area contributed by atoms with Gasteiger partial charge in [-0.1, -0.05) is 39.8 Å². The summed E-state index contributed by atoms with van der Waals surface area (Å²) >= 11 is 0. The molecule has 0 N–H and O–H groups in total. The number of amides is 1. The van der Waals surface area contributed by atoms with Crippen LogP contribution >= 0.6 is 0 Å². The van der Waals surface area contributed by atoms with E-state index in [1.165, 1.54) is 5.56 Å². The van der Waals surface area contributed by atoms with Crippen LogP contribution in [0.25, 0.3) is 0 Å². The molecule has 0 bridgehead atoms. The Morgan fingerprint density at radius 3 is 2.05 bits per heavy atom. The third kappa shape index (κ3) is 5.36. The van der Waals surface area contributed by atoms with Crippen LogP contribution in [0.15, 0.2) is 24.3 Å². The van der Waals surface area contributed by atoms with Crippen molar-refractivity contribution in [3.8, 4) is 5.75 Å². The number of rotatable bonds is 9. The van der Waals surface area contributed by atoms with Gasteiger partial charge >= 0.3 is 0 Å². The predicted molar refractivity (Wildman–Crippen MR) is 92.4 cm³/mol. The Balaban J connectivity index is 2.83. The topological polar surface area (TPSA) is 29.5 Å². The van der Waals surface area contributed by atoms with E-state index >= 15 is 0 Å². The van der Waals surface area contributed by atoms with Crippen molar-refractivity contribution in [3.05, 3.63) is 29.8 Å². The summed E-state index contributed by atoms with van der Waals surface area (Å²) < 4.78 is 5.22. The van der Waals surface area contributed by atoms with E-state index in [1.54, 1.807) is 7.11 Å². The fraction of sp³-hybridized carbons (Fsp3) is 0.632. The van der Waals surface area contributed by atoms with Crippen molar-refractivity contribution in [1.82, 2.24) is 4.90 Å². The highest BCUT2D eigenvalue weighted by molar-refractivity contribution is 5.77. The van der Waals surface area contributed by atoms with Gasteiger partial charge in [-0.3, -0.25) is 4.79 Å². The summed E-state index contributed by atoms with van der Waals surface area (Å²) in [5, 5.41) is 0. The van der Waals surface area contributed by atoms with Gasteiger partial charge in [-0.15, -0.1) is 0 Å². The van der Waals surface area contributed by atoms with Gasteiger partial charge in [0.1, 0.15) is 5.75 Å². The molecular weight excluding hydrogens is 274 g/mol. The largest absolute Gasteiger partial charge is 0.497 e. The molecule has 0 aliphatic heterocycles. The molecule has 0 radical (unpaired) electrons. The van der Waals surface area contributed by atoms with Crippen molar-refractivity contribution in [2.75, 3.05) is 20.2 Å². The molecule has 3 heteroatoms. The van der Waals surface area contributed by atoms with Gasteiger partial charge in [0, 0.05) is 19.5 Å². The number of hydrogen-bond donors (Lipinski definition) is 0. The van der Waals surface area contributed by atoms with Crippen LogP contribution in [0.3, 0.4) is 0 Å². The highest BCUT2D eigenvalue weighted by Crippen LogP contribution is 2.30. The summed E-state index contributed by atoms with van der Waals surface area (Å²) in [6.07, 6.45) is 2.62. The minimum Gasteiger partial charge on any atom is -0.497 e. The van der Waals surface area contributed by atoms with Crippen LogP contribution in [-0.4, -0.2) is 31.0 Å². The molecule has 0 unspecified atom stereocenters.